The Morgan fingerprint density at radius 1 is 1.47 bits per heavy atom. The van der Waals surface area contributed by atoms with Crippen LogP contribution in [0.1, 0.15) is 10.5 Å². The highest BCUT2D eigenvalue weighted by molar-refractivity contribution is 5.97. The maximum Gasteiger partial charge on any atom is 0.281 e. The highest BCUT2D eigenvalue weighted by atomic mass is 16.5. The first-order chi connectivity index (χ1) is 7.24. The summed E-state index contributed by atoms with van der Waals surface area (Å²) in [6, 6.07) is 7.24. The van der Waals surface area contributed by atoms with E-state index in [4.69, 9.17) is 10.6 Å². The Hall–Kier alpha value is -2.01. The molecule has 4 N–H and O–H groups in total. The van der Waals surface area contributed by atoms with Crippen LogP contribution in [0, 0.1) is 0 Å². The molecule has 1 amide bonds. The number of aromatic nitrogens is 1. The van der Waals surface area contributed by atoms with Crippen molar-refractivity contribution in [1.82, 2.24) is 10.4 Å². The molecule has 0 aliphatic rings. The zero-order valence-electron chi connectivity index (χ0n) is 8.20. The fraction of sp³-hybridized carbons (Fsp3) is 0.100. The molecule has 0 fully saturated rings. The van der Waals surface area contributed by atoms with Crippen molar-refractivity contribution in [3.05, 3.63) is 30.0 Å². The van der Waals surface area contributed by atoms with Gasteiger partial charge in [-0.1, -0.05) is 0 Å². The molecule has 15 heavy (non-hydrogen) atoms. The Bertz CT molecular complexity index is 504. The van der Waals surface area contributed by atoms with Crippen LogP contribution in [0.15, 0.2) is 24.3 Å². The van der Waals surface area contributed by atoms with Gasteiger partial charge in [0.05, 0.1) is 7.11 Å². The smallest absolute Gasteiger partial charge is 0.281 e. The molecule has 0 unspecified atom stereocenters. The number of hydrazine groups is 1. The third kappa shape index (κ3) is 1.64. The number of amides is 1. The molecule has 0 spiro atoms. The van der Waals surface area contributed by atoms with Crippen molar-refractivity contribution < 1.29 is 9.53 Å². The standard InChI is InChI=1S/C10H11N3O2/c1-15-7-2-3-8-6(4-7)5-9(12-8)10(14)13-11/h2-5,12H,11H2,1H3,(H,13,14). The predicted octanol–water partition coefficient (Wildman–Crippen LogP) is 0.780. The number of aromatic amines is 1. The van der Waals surface area contributed by atoms with Gasteiger partial charge in [-0.25, -0.2) is 5.84 Å². The summed E-state index contributed by atoms with van der Waals surface area (Å²) in [5, 5.41) is 0.910. The summed E-state index contributed by atoms with van der Waals surface area (Å²) in [6.07, 6.45) is 0. The molecular weight excluding hydrogens is 194 g/mol. The van der Waals surface area contributed by atoms with Gasteiger partial charge in [-0.3, -0.25) is 10.2 Å². The number of fused-ring (bicyclic) bond motifs is 1. The Labute approximate surface area is 86.2 Å². The van der Waals surface area contributed by atoms with Gasteiger partial charge in [0.25, 0.3) is 5.91 Å². The lowest BCUT2D eigenvalue weighted by atomic mass is 10.2. The molecule has 0 saturated heterocycles. The number of nitrogens with two attached hydrogens (primary N) is 1. The van der Waals surface area contributed by atoms with Crippen molar-refractivity contribution in [1.29, 1.82) is 0 Å². The third-order valence-corrected chi connectivity index (χ3v) is 2.20. The molecule has 0 bridgehead atoms. The van der Waals surface area contributed by atoms with Crippen molar-refractivity contribution in [2.75, 3.05) is 7.11 Å². The molecular formula is C10H11N3O2. The number of hydrogen-bond acceptors (Lipinski definition) is 3. The van der Waals surface area contributed by atoms with Crippen molar-refractivity contribution in [2.45, 2.75) is 0 Å². The first-order valence-corrected chi connectivity index (χ1v) is 4.42. The second-order valence-corrected chi connectivity index (χ2v) is 3.11. The average molecular weight is 205 g/mol. The number of methoxy groups -OCH3 is 1. The summed E-state index contributed by atoms with van der Waals surface area (Å²) in [4.78, 5) is 14.2. The first-order valence-electron chi connectivity index (χ1n) is 4.42. The minimum Gasteiger partial charge on any atom is -0.497 e. The fourth-order valence-electron chi connectivity index (χ4n) is 1.44. The number of hydrogen-bond donors (Lipinski definition) is 3. The van der Waals surface area contributed by atoms with Gasteiger partial charge in [-0.05, 0) is 24.3 Å². The molecule has 2 rings (SSSR count). The van der Waals surface area contributed by atoms with Crippen LogP contribution in [0.3, 0.4) is 0 Å². The Balaban J connectivity index is 2.51. The number of rotatable bonds is 2. The van der Waals surface area contributed by atoms with E-state index in [1.165, 1.54) is 0 Å². The average Bonchev–Trinajstić information content (AvgIpc) is 2.70. The number of carbonyl (C=O) groups is 1. The highest BCUT2D eigenvalue weighted by Gasteiger charge is 2.07. The molecule has 78 valence electrons. The third-order valence-electron chi connectivity index (χ3n) is 2.20. The Kier molecular flexibility index (Phi) is 2.31. The van der Waals surface area contributed by atoms with Crippen molar-refractivity contribution in [3.8, 4) is 5.75 Å². The number of nitrogens with one attached hydrogen (secondary N) is 2. The molecule has 5 nitrogen and oxygen atoms in total. The van der Waals surface area contributed by atoms with Crippen molar-refractivity contribution >= 4 is 16.8 Å². The van der Waals surface area contributed by atoms with E-state index in [-0.39, 0.29) is 5.91 Å². The molecule has 0 saturated carbocycles. The SMILES string of the molecule is COc1ccc2[nH]c(C(=O)NN)cc2c1. The Morgan fingerprint density at radius 3 is 2.93 bits per heavy atom. The van der Waals surface area contributed by atoms with Crippen LogP contribution in [0.25, 0.3) is 10.9 Å². The van der Waals surface area contributed by atoms with E-state index in [9.17, 15) is 4.79 Å². The van der Waals surface area contributed by atoms with Gasteiger partial charge in [-0.2, -0.15) is 0 Å². The zero-order valence-corrected chi connectivity index (χ0v) is 8.20. The first kappa shape index (κ1) is 9.54. The second kappa shape index (κ2) is 3.62. The number of H-pyrrole nitrogens is 1. The fourth-order valence-corrected chi connectivity index (χ4v) is 1.44. The van der Waals surface area contributed by atoms with E-state index in [0.717, 1.165) is 16.7 Å². The topological polar surface area (TPSA) is 80.1 Å². The molecule has 1 aromatic heterocycles. The lowest BCUT2D eigenvalue weighted by molar-refractivity contribution is 0.0949. The number of nitrogen functional groups attached to an aromatic ring is 1. The van der Waals surface area contributed by atoms with Crippen LogP contribution < -0.4 is 16.0 Å². The van der Waals surface area contributed by atoms with Crippen LogP contribution in [0.5, 0.6) is 5.75 Å². The van der Waals surface area contributed by atoms with Gasteiger partial charge in [-0.15, -0.1) is 0 Å². The molecule has 0 atom stereocenters. The van der Waals surface area contributed by atoms with E-state index in [1.807, 2.05) is 18.2 Å². The van der Waals surface area contributed by atoms with E-state index < -0.39 is 0 Å². The van der Waals surface area contributed by atoms with Gasteiger partial charge in [0.15, 0.2) is 0 Å². The Morgan fingerprint density at radius 2 is 2.27 bits per heavy atom. The summed E-state index contributed by atoms with van der Waals surface area (Å²) in [6.45, 7) is 0. The minimum atomic E-state index is -0.342. The molecule has 5 heteroatoms. The minimum absolute atomic E-state index is 0.342. The number of carbonyl (C=O) groups excluding carboxylic acids is 1. The van der Waals surface area contributed by atoms with Crippen LogP contribution in [0.4, 0.5) is 0 Å². The van der Waals surface area contributed by atoms with Crippen LogP contribution in [0.2, 0.25) is 0 Å². The summed E-state index contributed by atoms with van der Waals surface area (Å²) >= 11 is 0. The van der Waals surface area contributed by atoms with E-state index >= 15 is 0 Å². The van der Waals surface area contributed by atoms with Crippen LogP contribution in [-0.4, -0.2) is 18.0 Å². The molecule has 1 aromatic carbocycles. The van der Waals surface area contributed by atoms with Gasteiger partial charge in [0.2, 0.25) is 0 Å². The molecule has 0 radical (unpaired) electrons. The number of benzene rings is 1. The van der Waals surface area contributed by atoms with Gasteiger partial charge in [0.1, 0.15) is 11.4 Å². The van der Waals surface area contributed by atoms with E-state index in [0.29, 0.717) is 5.69 Å². The van der Waals surface area contributed by atoms with Gasteiger partial charge >= 0.3 is 0 Å². The van der Waals surface area contributed by atoms with Crippen LogP contribution >= 0.6 is 0 Å². The maximum absolute atomic E-state index is 11.2. The van der Waals surface area contributed by atoms with Gasteiger partial charge in [0, 0.05) is 10.9 Å². The lowest BCUT2D eigenvalue weighted by Crippen LogP contribution is -2.30. The second-order valence-electron chi connectivity index (χ2n) is 3.11. The van der Waals surface area contributed by atoms with Gasteiger partial charge < -0.3 is 9.72 Å². The van der Waals surface area contributed by atoms with Crippen LogP contribution in [-0.2, 0) is 0 Å². The maximum atomic E-state index is 11.2. The molecule has 0 aliphatic carbocycles. The lowest BCUT2D eigenvalue weighted by Gasteiger charge is -1.97. The van der Waals surface area contributed by atoms with E-state index in [1.54, 1.807) is 13.2 Å². The summed E-state index contributed by atoms with van der Waals surface area (Å²) < 4.78 is 5.08. The normalized spacial score (nSPS) is 10.3. The molecule has 1 heterocycles. The number of ether oxygens (including phenoxy) is 1. The van der Waals surface area contributed by atoms with Crippen molar-refractivity contribution in [2.24, 2.45) is 5.84 Å². The van der Waals surface area contributed by atoms with E-state index in [2.05, 4.69) is 10.4 Å². The predicted molar refractivity (Wildman–Crippen MR) is 56.5 cm³/mol. The summed E-state index contributed by atoms with van der Waals surface area (Å²) in [5.74, 6) is 5.45. The summed E-state index contributed by atoms with van der Waals surface area (Å²) in [5.41, 5.74) is 3.37. The summed E-state index contributed by atoms with van der Waals surface area (Å²) in [7, 11) is 1.60. The zero-order chi connectivity index (χ0) is 10.8. The largest absolute Gasteiger partial charge is 0.497 e. The molecule has 0 aliphatic heterocycles. The highest BCUT2D eigenvalue weighted by Crippen LogP contribution is 2.21. The molecule has 2 aromatic rings. The monoisotopic (exact) mass is 205 g/mol. The quantitative estimate of drug-likeness (QED) is 0.385. The van der Waals surface area contributed by atoms with Crippen molar-refractivity contribution in [3.63, 3.8) is 0 Å².